The predicted molar refractivity (Wildman–Crippen MR) is 109 cm³/mol. The van der Waals surface area contributed by atoms with E-state index in [1.165, 1.54) is 34.8 Å². The van der Waals surface area contributed by atoms with Gasteiger partial charge in [-0.25, -0.2) is 4.39 Å². The highest BCUT2D eigenvalue weighted by Gasteiger charge is 2.28. The Hall–Kier alpha value is -1.57. The van der Waals surface area contributed by atoms with E-state index in [9.17, 15) is 14.0 Å². The zero-order valence-electron chi connectivity index (χ0n) is 15.1. The van der Waals surface area contributed by atoms with Crippen LogP contribution in [0, 0.1) is 11.7 Å². The maximum absolute atomic E-state index is 13.1. The third-order valence-electron chi connectivity index (χ3n) is 4.05. The summed E-state index contributed by atoms with van der Waals surface area (Å²) in [5.74, 6) is 0.0948. The minimum Gasteiger partial charge on any atom is -0.350 e. The third-order valence-corrected chi connectivity index (χ3v) is 6.81. The molecule has 1 aromatic heterocycles. The van der Waals surface area contributed by atoms with Gasteiger partial charge in [-0.15, -0.1) is 23.1 Å². The number of rotatable bonds is 6. The summed E-state index contributed by atoms with van der Waals surface area (Å²) < 4.78 is 14.2. The number of hydrogen-bond donors (Lipinski definition) is 1. The van der Waals surface area contributed by atoms with Gasteiger partial charge < -0.3 is 10.2 Å². The van der Waals surface area contributed by atoms with E-state index >= 15 is 0 Å². The van der Waals surface area contributed by atoms with Crippen molar-refractivity contribution in [2.24, 2.45) is 5.92 Å². The number of carbonyl (C=O) groups is 2. The Bertz CT molecular complexity index is 869. The van der Waals surface area contributed by atoms with Gasteiger partial charge in [0, 0.05) is 16.4 Å². The molecule has 4 nitrogen and oxygen atoms in total. The molecule has 0 aliphatic carbocycles. The van der Waals surface area contributed by atoms with Crippen LogP contribution in [0.2, 0.25) is 5.02 Å². The number of benzene rings is 1. The Morgan fingerprint density at radius 1 is 1.37 bits per heavy atom. The van der Waals surface area contributed by atoms with Crippen molar-refractivity contribution in [2.45, 2.75) is 31.0 Å². The number of nitrogens with one attached hydrogen (secondary N) is 1. The lowest BCUT2D eigenvalue weighted by Gasteiger charge is -2.26. The van der Waals surface area contributed by atoms with Gasteiger partial charge in [-0.2, -0.15) is 0 Å². The molecule has 0 atom stereocenters. The van der Waals surface area contributed by atoms with Crippen molar-refractivity contribution in [1.29, 1.82) is 0 Å². The molecule has 0 saturated heterocycles. The molecule has 0 unspecified atom stereocenters. The van der Waals surface area contributed by atoms with E-state index in [4.69, 9.17) is 11.6 Å². The van der Waals surface area contributed by atoms with Crippen molar-refractivity contribution in [3.63, 3.8) is 0 Å². The van der Waals surface area contributed by atoms with Gasteiger partial charge in [-0.3, -0.25) is 9.59 Å². The Morgan fingerprint density at radius 3 is 2.85 bits per heavy atom. The highest BCUT2D eigenvalue weighted by Crippen LogP contribution is 2.42. The lowest BCUT2D eigenvalue weighted by atomic mass is 10.1. The first-order valence-corrected chi connectivity index (χ1v) is 10.8. The minimum absolute atomic E-state index is 0.0386. The summed E-state index contributed by atoms with van der Waals surface area (Å²) in [7, 11) is 0. The number of fused-ring (bicyclic) bond motifs is 1. The van der Waals surface area contributed by atoms with E-state index in [1.54, 1.807) is 16.2 Å². The maximum atomic E-state index is 13.1. The Labute approximate surface area is 171 Å². The SMILES string of the molecule is CC(C)Cc1cc2c(s1)SCC(=O)N2CC(=O)NCc1ccc(F)cc1Cl. The summed E-state index contributed by atoms with van der Waals surface area (Å²) in [6.07, 6.45) is 0.954. The van der Waals surface area contributed by atoms with Crippen molar-refractivity contribution in [3.8, 4) is 0 Å². The zero-order chi connectivity index (χ0) is 19.6. The van der Waals surface area contributed by atoms with Gasteiger partial charge in [0.2, 0.25) is 11.8 Å². The highest BCUT2D eigenvalue weighted by molar-refractivity contribution is 8.02. The summed E-state index contributed by atoms with van der Waals surface area (Å²) >= 11 is 9.21. The quantitative estimate of drug-likeness (QED) is 0.740. The van der Waals surface area contributed by atoms with Gasteiger partial charge in [-0.1, -0.05) is 31.5 Å². The van der Waals surface area contributed by atoms with Gasteiger partial charge in [0.05, 0.1) is 15.6 Å². The molecule has 0 spiro atoms. The van der Waals surface area contributed by atoms with E-state index in [2.05, 4.69) is 19.2 Å². The average molecular weight is 427 g/mol. The van der Waals surface area contributed by atoms with Crippen LogP contribution in [-0.4, -0.2) is 24.1 Å². The molecule has 1 aliphatic heterocycles. The summed E-state index contributed by atoms with van der Waals surface area (Å²) in [6, 6.07) is 6.07. The molecule has 3 rings (SSSR count). The molecule has 0 saturated carbocycles. The number of amides is 2. The fourth-order valence-electron chi connectivity index (χ4n) is 2.78. The van der Waals surface area contributed by atoms with Gasteiger partial charge in [-0.05, 0) is 36.1 Å². The van der Waals surface area contributed by atoms with Crippen molar-refractivity contribution < 1.29 is 14.0 Å². The van der Waals surface area contributed by atoms with Crippen LogP contribution < -0.4 is 10.2 Å². The Kier molecular flexibility index (Phi) is 6.44. The largest absolute Gasteiger partial charge is 0.350 e. The third kappa shape index (κ3) is 5.03. The van der Waals surface area contributed by atoms with Crippen molar-refractivity contribution >= 4 is 52.2 Å². The number of nitrogens with zero attached hydrogens (tertiary/aromatic N) is 1. The molecule has 8 heteroatoms. The first-order valence-electron chi connectivity index (χ1n) is 8.60. The number of halogens is 2. The van der Waals surface area contributed by atoms with E-state index in [0.29, 0.717) is 17.2 Å². The van der Waals surface area contributed by atoms with Crippen LogP contribution in [0.1, 0.15) is 24.3 Å². The normalized spacial score (nSPS) is 13.8. The van der Waals surface area contributed by atoms with Crippen LogP contribution in [0.25, 0.3) is 0 Å². The lowest BCUT2D eigenvalue weighted by Crippen LogP contribution is -2.42. The number of thiophene rings is 1. The molecule has 0 bridgehead atoms. The summed E-state index contributed by atoms with van der Waals surface area (Å²) in [5.41, 5.74) is 1.45. The number of carbonyl (C=O) groups excluding carboxylic acids is 2. The number of hydrogen-bond acceptors (Lipinski definition) is 4. The van der Waals surface area contributed by atoms with Gasteiger partial charge in [0.25, 0.3) is 0 Å². The van der Waals surface area contributed by atoms with Gasteiger partial charge in [0.1, 0.15) is 12.4 Å². The second kappa shape index (κ2) is 8.63. The molecule has 27 heavy (non-hydrogen) atoms. The van der Waals surface area contributed by atoms with Crippen molar-refractivity contribution in [2.75, 3.05) is 17.2 Å². The van der Waals surface area contributed by atoms with Gasteiger partial charge >= 0.3 is 0 Å². The van der Waals surface area contributed by atoms with Crippen LogP contribution in [0.5, 0.6) is 0 Å². The summed E-state index contributed by atoms with van der Waals surface area (Å²) in [6.45, 7) is 4.46. The van der Waals surface area contributed by atoms with Gasteiger partial charge in [0.15, 0.2) is 0 Å². The van der Waals surface area contributed by atoms with E-state index in [-0.39, 0.29) is 29.9 Å². The molecule has 2 aromatic rings. The average Bonchev–Trinajstić information content (AvgIpc) is 2.98. The number of anilines is 1. The lowest BCUT2D eigenvalue weighted by molar-refractivity contribution is -0.123. The Morgan fingerprint density at radius 2 is 2.15 bits per heavy atom. The molecule has 1 N–H and O–H groups in total. The molecule has 144 valence electrons. The second-order valence-electron chi connectivity index (χ2n) is 6.76. The van der Waals surface area contributed by atoms with Crippen molar-refractivity contribution in [3.05, 3.63) is 45.5 Å². The second-order valence-corrected chi connectivity index (χ2v) is 9.55. The molecule has 0 radical (unpaired) electrons. The van der Waals surface area contributed by atoms with Crippen LogP contribution in [0.3, 0.4) is 0 Å². The van der Waals surface area contributed by atoms with Crippen LogP contribution >= 0.6 is 34.7 Å². The van der Waals surface area contributed by atoms with Crippen LogP contribution in [-0.2, 0) is 22.6 Å². The molecule has 2 heterocycles. The Balaban J connectivity index is 1.66. The summed E-state index contributed by atoms with van der Waals surface area (Å²) in [5, 5.41) is 3.02. The van der Waals surface area contributed by atoms with Crippen LogP contribution in [0.15, 0.2) is 28.5 Å². The number of thioether (sulfide) groups is 1. The molecule has 0 fully saturated rings. The first kappa shape index (κ1) is 20.2. The molecular formula is C19H20ClFN2O2S2. The van der Waals surface area contributed by atoms with E-state index in [0.717, 1.165) is 16.3 Å². The maximum Gasteiger partial charge on any atom is 0.240 e. The molecule has 1 aliphatic rings. The minimum atomic E-state index is -0.423. The molecule has 1 aromatic carbocycles. The topological polar surface area (TPSA) is 49.4 Å². The van der Waals surface area contributed by atoms with Crippen molar-refractivity contribution in [1.82, 2.24) is 5.32 Å². The predicted octanol–water partition coefficient (Wildman–Crippen LogP) is 4.49. The van der Waals surface area contributed by atoms with E-state index in [1.807, 2.05) is 6.07 Å². The fourth-order valence-corrected chi connectivity index (χ4v) is 5.57. The fraction of sp³-hybridized carbons (Fsp3) is 0.368. The van der Waals surface area contributed by atoms with Crippen LogP contribution in [0.4, 0.5) is 10.1 Å². The molecular weight excluding hydrogens is 407 g/mol. The smallest absolute Gasteiger partial charge is 0.240 e. The monoisotopic (exact) mass is 426 g/mol. The standard InChI is InChI=1S/C19H20ClFN2O2S2/c1-11(2)5-14-7-16-19(27-14)26-10-18(25)23(16)9-17(24)22-8-12-3-4-13(21)6-15(12)20/h3-4,6-7,11H,5,8-10H2,1-2H3,(H,22,24). The highest BCUT2D eigenvalue weighted by atomic mass is 35.5. The summed E-state index contributed by atoms with van der Waals surface area (Å²) in [4.78, 5) is 27.5. The first-order chi connectivity index (χ1) is 12.8. The van der Waals surface area contributed by atoms with E-state index < -0.39 is 5.82 Å². The zero-order valence-corrected chi connectivity index (χ0v) is 17.4. The molecule has 2 amide bonds.